The van der Waals surface area contributed by atoms with E-state index in [0.717, 1.165) is 25.7 Å². The number of amides is 1. The van der Waals surface area contributed by atoms with Crippen molar-refractivity contribution in [1.82, 2.24) is 15.3 Å². The van der Waals surface area contributed by atoms with Crippen LogP contribution >= 0.6 is 0 Å². The first-order valence-corrected chi connectivity index (χ1v) is 6.59. The minimum absolute atomic E-state index is 0.0135. The number of hydrazine groups is 1. The van der Waals surface area contributed by atoms with Crippen molar-refractivity contribution in [1.29, 1.82) is 0 Å². The Kier molecular flexibility index (Phi) is 4.51. The highest BCUT2D eigenvalue weighted by atomic mass is 16.2. The third-order valence-electron chi connectivity index (χ3n) is 2.77. The second kappa shape index (κ2) is 6.33. The summed E-state index contributed by atoms with van der Waals surface area (Å²) in [6.45, 7) is 2.27. The van der Waals surface area contributed by atoms with Crippen LogP contribution in [0.1, 0.15) is 32.0 Å². The van der Waals surface area contributed by atoms with Gasteiger partial charge in [-0.15, -0.1) is 0 Å². The van der Waals surface area contributed by atoms with Crippen LogP contribution in [0.3, 0.4) is 0 Å². The first-order valence-electron chi connectivity index (χ1n) is 6.59. The second-order valence-corrected chi connectivity index (χ2v) is 4.64. The fourth-order valence-electron chi connectivity index (χ4n) is 1.67. The van der Waals surface area contributed by atoms with Crippen LogP contribution in [-0.2, 0) is 11.2 Å². The van der Waals surface area contributed by atoms with Gasteiger partial charge in [0.25, 0.3) is 0 Å². The lowest BCUT2D eigenvalue weighted by Crippen LogP contribution is -2.31. The van der Waals surface area contributed by atoms with Gasteiger partial charge in [0.05, 0.1) is 6.54 Å². The number of hydrogen-bond acceptors (Lipinski definition) is 6. The van der Waals surface area contributed by atoms with E-state index < -0.39 is 0 Å². The van der Waals surface area contributed by atoms with E-state index in [1.807, 2.05) is 0 Å². The summed E-state index contributed by atoms with van der Waals surface area (Å²) in [5.74, 6) is 7.22. The van der Waals surface area contributed by atoms with E-state index in [1.54, 1.807) is 6.07 Å². The first-order chi connectivity index (χ1) is 9.21. The van der Waals surface area contributed by atoms with Crippen molar-refractivity contribution in [3.05, 3.63) is 11.9 Å². The average molecular weight is 264 g/mol. The van der Waals surface area contributed by atoms with Crippen LogP contribution in [0, 0.1) is 0 Å². The topological polar surface area (TPSA) is 105 Å². The number of anilines is 2. The van der Waals surface area contributed by atoms with Gasteiger partial charge in [-0.25, -0.2) is 15.8 Å². The number of nitrogens with one attached hydrogen (secondary N) is 3. The number of nitrogens with zero attached hydrogens (tertiary/aromatic N) is 2. The molecular weight excluding hydrogens is 244 g/mol. The zero-order chi connectivity index (χ0) is 13.7. The molecule has 0 aliphatic heterocycles. The highest BCUT2D eigenvalue weighted by molar-refractivity contribution is 5.81. The van der Waals surface area contributed by atoms with Gasteiger partial charge in [-0.05, 0) is 19.3 Å². The van der Waals surface area contributed by atoms with Gasteiger partial charge in [-0.2, -0.15) is 0 Å². The Hall–Kier alpha value is -1.89. The van der Waals surface area contributed by atoms with Crippen molar-refractivity contribution in [3.8, 4) is 0 Å². The van der Waals surface area contributed by atoms with Gasteiger partial charge in [0.2, 0.25) is 5.91 Å². The minimum atomic E-state index is -0.0135. The van der Waals surface area contributed by atoms with Gasteiger partial charge in [-0.3, -0.25) is 4.79 Å². The van der Waals surface area contributed by atoms with Gasteiger partial charge in [0.15, 0.2) is 0 Å². The number of carbonyl (C=O) groups is 1. The largest absolute Gasteiger partial charge is 0.361 e. The number of aromatic nitrogens is 2. The SMILES string of the molecule is CCCc1nc(NN)cc(NCC(=O)NC2CC2)n1. The molecule has 1 aromatic heterocycles. The summed E-state index contributed by atoms with van der Waals surface area (Å²) in [6.07, 6.45) is 3.90. The quantitative estimate of drug-likeness (QED) is 0.420. The summed E-state index contributed by atoms with van der Waals surface area (Å²) in [5.41, 5.74) is 2.50. The van der Waals surface area contributed by atoms with Crippen LogP contribution in [0.25, 0.3) is 0 Å². The molecule has 0 radical (unpaired) electrons. The molecule has 0 aromatic carbocycles. The van der Waals surface area contributed by atoms with Gasteiger partial charge in [0.1, 0.15) is 17.5 Å². The molecule has 0 saturated heterocycles. The summed E-state index contributed by atoms with van der Waals surface area (Å²) < 4.78 is 0. The van der Waals surface area contributed by atoms with E-state index in [1.165, 1.54) is 0 Å². The van der Waals surface area contributed by atoms with Gasteiger partial charge >= 0.3 is 0 Å². The first kappa shape index (κ1) is 13.5. The maximum absolute atomic E-state index is 11.6. The minimum Gasteiger partial charge on any atom is -0.361 e. The normalized spacial score (nSPS) is 14.0. The molecule has 1 amide bonds. The molecule has 1 aliphatic rings. The summed E-state index contributed by atoms with van der Waals surface area (Å²) in [7, 11) is 0. The van der Waals surface area contributed by atoms with E-state index >= 15 is 0 Å². The Morgan fingerprint density at radius 1 is 1.42 bits per heavy atom. The van der Waals surface area contributed by atoms with E-state index in [9.17, 15) is 4.79 Å². The molecule has 19 heavy (non-hydrogen) atoms. The highest BCUT2D eigenvalue weighted by Gasteiger charge is 2.22. The number of nitrogens with two attached hydrogens (primary N) is 1. The monoisotopic (exact) mass is 264 g/mol. The molecule has 0 unspecified atom stereocenters. The Labute approximate surface area is 112 Å². The van der Waals surface area contributed by atoms with Crippen molar-refractivity contribution in [2.24, 2.45) is 5.84 Å². The van der Waals surface area contributed by atoms with Crippen molar-refractivity contribution < 1.29 is 4.79 Å². The molecule has 1 aromatic rings. The Balaban J connectivity index is 1.93. The Morgan fingerprint density at radius 3 is 2.79 bits per heavy atom. The standard InChI is InChI=1S/C12H20N6O/c1-2-3-9-16-10(6-11(17-9)18-13)14-7-12(19)15-8-4-5-8/h6,8H,2-5,7,13H2,1H3,(H,15,19)(H2,14,16,17,18). The molecule has 1 saturated carbocycles. The predicted octanol–water partition coefficient (Wildman–Crippen LogP) is 0.405. The summed E-state index contributed by atoms with van der Waals surface area (Å²) >= 11 is 0. The van der Waals surface area contributed by atoms with Crippen LogP contribution in [0.2, 0.25) is 0 Å². The lowest BCUT2D eigenvalue weighted by Gasteiger charge is -2.09. The average Bonchev–Trinajstić information content (AvgIpc) is 3.20. The lowest BCUT2D eigenvalue weighted by atomic mass is 10.3. The Bertz CT molecular complexity index is 446. The molecule has 2 rings (SSSR count). The Morgan fingerprint density at radius 2 is 2.16 bits per heavy atom. The molecule has 0 bridgehead atoms. The fraction of sp³-hybridized carbons (Fsp3) is 0.583. The number of nitrogen functional groups attached to an aromatic ring is 1. The van der Waals surface area contributed by atoms with Crippen molar-refractivity contribution in [3.63, 3.8) is 0 Å². The highest BCUT2D eigenvalue weighted by Crippen LogP contribution is 2.18. The third-order valence-corrected chi connectivity index (χ3v) is 2.77. The molecule has 104 valence electrons. The number of carbonyl (C=O) groups excluding carboxylic acids is 1. The van der Waals surface area contributed by atoms with E-state index in [4.69, 9.17) is 5.84 Å². The molecular formula is C12H20N6O. The van der Waals surface area contributed by atoms with Gasteiger partial charge in [0, 0.05) is 18.5 Å². The summed E-state index contributed by atoms with van der Waals surface area (Å²) in [5, 5.41) is 5.90. The summed E-state index contributed by atoms with van der Waals surface area (Å²) in [6, 6.07) is 2.06. The van der Waals surface area contributed by atoms with Crippen LogP contribution < -0.4 is 21.9 Å². The van der Waals surface area contributed by atoms with Crippen LogP contribution in [-0.4, -0.2) is 28.5 Å². The zero-order valence-corrected chi connectivity index (χ0v) is 11.1. The van der Waals surface area contributed by atoms with Crippen LogP contribution in [0.4, 0.5) is 11.6 Å². The molecule has 0 spiro atoms. The maximum atomic E-state index is 11.6. The molecule has 5 N–H and O–H groups in total. The second-order valence-electron chi connectivity index (χ2n) is 4.64. The van der Waals surface area contributed by atoms with Crippen molar-refractivity contribution in [2.75, 3.05) is 17.3 Å². The van der Waals surface area contributed by atoms with Crippen LogP contribution in [0.15, 0.2) is 6.07 Å². The van der Waals surface area contributed by atoms with E-state index in [0.29, 0.717) is 23.5 Å². The molecule has 7 heteroatoms. The van der Waals surface area contributed by atoms with E-state index in [2.05, 4.69) is 33.0 Å². The van der Waals surface area contributed by atoms with Gasteiger partial charge in [-0.1, -0.05) is 6.92 Å². The van der Waals surface area contributed by atoms with Crippen molar-refractivity contribution in [2.45, 2.75) is 38.6 Å². The molecule has 7 nitrogen and oxygen atoms in total. The molecule has 1 heterocycles. The van der Waals surface area contributed by atoms with Crippen molar-refractivity contribution >= 4 is 17.5 Å². The smallest absolute Gasteiger partial charge is 0.239 e. The third kappa shape index (κ3) is 4.36. The number of rotatable bonds is 7. The zero-order valence-electron chi connectivity index (χ0n) is 11.1. The number of hydrogen-bond donors (Lipinski definition) is 4. The molecule has 1 aliphatic carbocycles. The summed E-state index contributed by atoms with van der Waals surface area (Å²) in [4.78, 5) is 20.2. The van der Waals surface area contributed by atoms with Gasteiger partial charge < -0.3 is 16.1 Å². The number of aryl methyl sites for hydroxylation is 1. The maximum Gasteiger partial charge on any atom is 0.239 e. The van der Waals surface area contributed by atoms with Crippen LogP contribution in [0.5, 0.6) is 0 Å². The molecule has 0 atom stereocenters. The van der Waals surface area contributed by atoms with E-state index in [-0.39, 0.29) is 12.5 Å². The lowest BCUT2D eigenvalue weighted by molar-refractivity contribution is -0.119. The molecule has 1 fully saturated rings. The predicted molar refractivity (Wildman–Crippen MR) is 73.5 cm³/mol. The fourth-order valence-corrected chi connectivity index (χ4v) is 1.67.